The molecule has 0 radical (unpaired) electrons. The van der Waals surface area contributed by atoms with Crippen molar-refractivity contribution in [3.8, 4) is 11.5 Å². The Labute approximate surface area is 197 Å². The normalized spacial score (nSPS) is 12.1. The lowest BCUT2D eigenvalue weighted by atomic mass is 10.1. The molecular weight excluding hydrogens is 488 g/mol. The van der Waals surface area contributed by atoms with E-state index in [-0.39, 0.29) is 18.5 Å². The molecule has 0 unspecified atom stereocenters. The maximum Gasteiger partial charge on any atom is 0.291 e. The van der Waals surface area contributed by atoms with E-state index in [0.717, 1.165) is 21.0 Å². The molecule has 0 aliphatic carbocycles. The fourth-order valence-corrected chi connectivity index (χ4v) is 4.07. The molecule has 8 heteroatoms. The maximum atomic E-state index is 13.0. The van der Waals surface area contributed by atoms with Gasteiger partial charge in [0, 0.05) is 22.0 Å². The molecule has 0 bridgehead atoms. The van der Waals surface area contributed by atoms with Crippen LogP contribution in [0.3, 0.4) is 0 Å². The van der Waals surface area contributed by atoms with Crippen molar-refractivity contribution >= 4 is 44.4 Å². The molecule has 0 fully saturated rings. The number of halogens is 1. The van der Waals surface area contributed by atoms with Crippen molar-refractivity contribution in [1.29, 1.82) is 0 Å². The van der Waals surface area contributed by atoms with Crippen LogP contribution in [0, 0.1) is 6.92 Å². The van der Waals surface area contributed by atoms with Crippen molar-refractivity contribution in [2.75, 3.05) is 12.1 Å². The number of para-hydroxylation sites is 1. The zero-order valence-electron chi connectivity index (χ0n) is 17.6. The molecule has 2 heterocycles. The first kappa shape index (κ1) is 21.1. The number of fused-ring (bicyclic) bond motifs is 2. The number of nitrogens with one attached hydrogen (secondary N) is 2. The van der Waals surface area contributed by atoms with E-state index in [9.17, 15) is 9.59 Å². The molecular formula is C25H19BrN2O5. The second-order valence-corrected chi connectivity index (χ2v) is 8.48. The van der Waals surface area contributed by atoms with Crippen LogP contribution < -0.4 is 20.1 Å². The Morgan fingerprint density at radius 2 is 1.79 bits per heavy atom. The van der Waals surface area contributed by atoms with Gasteiger partial charge in [0.25, 0.3) is 11.8 Å². The lowest BCUT2D eigenvalue weighted by Gasteiger charge is -2.11. The van der Waals surface area contributed by atoms with Crippen LogP contribution in [0.2, 0.25) is 0 Å². The Bertz CT molecular complexity index is 1400. The van der Waals surface area contributed by atoms with Crippen molar-refractivity contribution in [2.45, 2.75) is 13.5 Å². The minimum atomic E-state index is -0.421. The predicted octanol–water partition coefficient (Wildman–Crippen LogP) is 5.41. The number of amides is 2. The summed E-state index contributed by atoms with van der Waals surface area (Å²) >= 11 is 3.44. The highest BCUT2D eigenvalue weighted by Crippen LogP contribution is 2.32. The molecule has 2 N–H and O–H groups in total. The van der Waals surface area contributed by atoms with Gasteiger partial charge in [-0.15, -0.1) is 0 Å². The monoisotopic (exact) mass is 506 g/mol. The fraction of sp³-hybridized carbons (Fsp3) is 0.120. The van der Waals surface area contributed by atoms with Crippen molar-refractivity contribution in [3.05, 3.63) is 87.6 Å². The van der Waals surface area contributed by atoms with Gasteiger partial charge in [0.2, 0.25) is 6.79 Å². The Morgan fingerprint density at radius 1 is 0.970 bits per heavy atom. The summed E-state index contributed by atoms with van der Waals surface area (Å²) in [5.74, 6) is 0.817. The first-order valence-corrected chi connectivity index (χ1v) is 11.0. The minimum absolute atomic E-state index is 0.195. The molecule has 3 aromatic carbocycles. The van der Waals surface area contributed by atoms with Crippen LogP contribution in [0.5, 0.6) is 11.5 Å². The van der Waals surface area contributed by atoms with E-state index in [0.29, 0.717) is 34.9 Å². The number of benzene rings is 3. The molecule has 0 saturated heterocycles. The summed E-state index contributed by atoms with van der Waals surface area (Å²) in [4.78, 5) is 25.9. The summed E-state index contributed by atoms with van der Waals surface area (Å²) in [6.45, 7) is 2.33. The van der Waals surface area contributed by atoms with Crippen molar-refractivity contribution in [1.82, 2.24) is 5.32 Å². The zero-order valence-corrected chi connectivity index (χ0v) is 19.2. The Morgan fingerprint density at radius 3 is 2.67 bits per heavy atom. The van der Waals surface area contributed by atoms with E-state index in [1.807, 2.05) is 37.3 Å². The van der Waals surface area contributed by atoms with Crippen LogP contribution in [0.15, 0.2) is 69.6 Å². The smallest absolute Gasteiger partial charge is 0.291 e. The second-order valence-electron chi connectivity index (χ2n) is 7.57. The van der Waals surface area contributed by atoms with E-state index < -0.39 is 5.91 Å². The molecule has 2 amide bonds. The number of carbonyl (C=O) groups excluding carboxylic acids is 2. The minimum Gasteiger partial charge on any atom is -0.454 e. The number of furan rings is 1. The van der Waals surface area contributed by atoms with Crippen LogP contribution in [0.1, 0.15) is 32.0 Å². The van der Waals surface area contributed by atoms with Crippen LogP contribution in [-0.2, 0) is 6.54 Å². The lowest BCUT2D eigenvalue weighted by Crippen LogP contribution is -2.25. The topological polar surface area (TPSA) is 89.8 Å². The number of carbonyl (C=O) groups is 2. The molecule has 1 aliphatic rings. The molecule has 5 rings (SSSR count). The molecule has 0 spiro atoms. The fourth-order valence-electron chi connectivity index (χ4n) is 3.71. The molecule has 7 nitrogen and oxygen atoms in total. The third-order valence-corrected chi connectivity index (χ3v) is 5.91. The Balaban J connectivity index is 1.33. The quantitative estimate of drug-likeness (QED) is 0.377. The number of anilines is 1. The molecule has 33 heavy (non-hydrogen) atoms. The average molecular weight is 507 g/mol. The van der Waals surface area contributed by atoms with Crippen molar-refractivity contribution in [3.63, 3.8) is 0 Å². The maximum absolute atomic E-state index is 13.0. The number of rotatable bonds is 5. The number of hydrogen-bond acceptors (Lipinski definition) is 5. The van der Waals surface area contributed by atoms with Crippen molar-refractivity contribution < 1.29 is 23.5 Å². The van der Waals surface area contributed by atoms with Crippen LogP contribution in [-0.4, -0.2) is 18.6 Å². The van der Waals surface area contributed by atoms with E-state index in [4.69, 9.17) is 13.9 Å². The van der Waals surface area contributed by atoms with Gasteiger partial charge in [-0.05, 0) is 55.0 Å². The molecule has 0 saturated carbocycles. The van der Waals surface area contributed by atoms with Crippen molar-refractivity contribution in [2.24, 2.45) is 0 Å². The number of hydrogen-bond donors (Lipinski definition) is 2. The zero-order chi connectivity index (χ0) is 22.9. The predicted molar refractivity (Wildman–Crippen MR) is 127 cm³/mol. The van der Waals surface area contributed by atoms with E-state index in [1.54, 1.807) is 30.3 Å². The van der Waals surface area contributed by atoms with Gasteiger partial charge in [-0.3, -0.25) is 9.59 Å². The van der Waals surface area contributed by atoms with Crippen LogP contribution in [0.4, 0.5) is 5.69 Å². The molecule has 1 aliphatic heterocycles. The molecule has 0 atom stereocenters. The average Bonchev–Trinajstić information content (AvgIpc) is 3.42. The summed E-state index contributed by atoms with van der Waals surface area (Å²) in [5.41, 5.74) is 2.97. The lowest BCUT2D eigenvalue weighted by molar-refractivity contribution is 0.0951. The highest BCUT2D eigenvalue weighted by Gasteiger charge is 2.20. The van der Waals surface area contributed by atoms with Gasteiger partial charge in [-0.25, -0.2) is 0 Å². The summed E-state index contributed by atoms with van der Waals surface area (Å²) < 4.78 is 17.4. The van der Waals surface area contributed by atoms with Gasteiger partial charge in [0.15, 0.2) is 17.3 Å². The van der Waals surface area contributed by atoms with Gasteiger partial charge in [0.05, 0.1) is 11.3 Å². The van der Waals surface area contributed by atoms with Gasteiger partial charge < -0.3 is 24.5 Å². The molecule has 4 aromatic rings. The molecule has 1 aromatic heterocycles. The Hall–Kier alpha value is -3.78. The van der Waals surface area contributed by atoms with E-state index >= 15 is 0 Å². The van der Waals surface area contributed by atoms with E-state index in [2.05, 4.69) is 26.6 Å². The summed E-state index contributed by atoms with van der Waals surface area (Å²) in [7, 11) is 0. The third-order valence-electron chi connectivity index (χ3n) is 5.41. The van der Waals surface area contributed by atoms with E-state index in [1.165, 1.54) is 0 Å². The van der Waals surface area contributed by atoms with Gasteiger partial charge in [0.1, 0.15) is 5.58 Å². The van der Waals surface area contributed by atoms with Crippen LogP contribution >= 0.6 is 15.9 Å². The largest absolute Gasteiger partial charge is 0.454 e. The highest BCUT2D eigenvalue weighted by molar-refractivity contribution is 9.10. The molecule has 166 valence electrons. The standard InChI is InChI=1S/C25H19BrN2O5/c1-14-18-11-16(26)7-9-20(18)33-23(14)25(30)28-19-5-3-2-4-17(19)24(29)27-12-15-6-8-21-22(10-15)32-13-31-21/h2-11H,12-13H2,1H3,(H,27,29)(H,28,30). The highest BCUT2D eigenvalue weighted by atomic mass is 79.9. The first-order chi connectivity index (χ1) is 16.0. The van der Waals surface area contributed by atoms with Crippen LogP contribution in [0.25, 0.3) is 11.0 Å². The van der Waals surface area contributed by atoms with Gasteiger partial charge in [-0.2, -0.15) is 0 Å². The summed E-state index contributed by atoms with van der Waals surface area (Å²) in [6.07, 6.45) is 0. The Kier molecular flexibility index (Phi) is 5.51. The second kappa shape index (κ2) is 8.63. The number of aryl methyl sites for hydroxylation is 1. The third kappa shape index (κ3) is 4.17. The van der Waals surface area contributed by atoms with Gasteiger partial charge in [-0.1, -0.05) is 34.1 Å². The van der Waals surface area contributed by atoms with Gasteiger partial charge >= 0.3 is 0 Å². The SMILES string of the molecule is Cc1c(C(=O)Nc2ccccc2C(=O)NCc2ccc3c(c2)OCO3)oc2ccc(Br)cc12. The first-order valence-electron chi connectivity index (χ1n) is 10.3. The summed E-state index contributed by atoms with van der Waals surface area (Å²) in [6, 6.07) is 17.9. The number of ether oxygens (including phenoxy) is 2. The summed E-state index contributed by atoms with van der Waals surface area (Å²) in [5, 5.41) is 6.55.